The summed E-state index contributed by atoms with van der Waals surface area (Å²) in [6.07, 6.45) is 2.54. The van der Waals surface area contributed by atoms with Crippen molar-refractivity contribution >= 4 is 28.6 Å². The van der Waals surface area contributed by atoms with Crippen molar-refractivity contribution < 1.29 is 4.79 Å². The van der Waals surface area contributed by atoms with Gasteiger partial charge in [-0.05, 0) is 18.6 Å². The van der Waals surface area contributed by atoms with E-state index in [1.54, 1.807) is 6.20 Å². The smallest absolute Gasteiger partial charge is 0.225 e. The fourth-order valence-electron chi connectivity index (χ4n) is 3.27. The van der Waals surface area contributed by atoms with Crippen LogP contribution >= 0.6 is 0 Å². The minimum Gasteiger partial charge on any atom is -0.382 e. The monoisotopic (exact) mass is 379 g/mol. The van der Waals surface area contributed by atoms with E-state index >= 15 is 0 Å². The second-order valence-electron chi connectivity index (χ2n) is 8.22. The van der Waals surface area contributed by atoms with E-state index < -0.39 is 5.41 Å². The van der Waals surface area contributed by atoms with Crippen LogP contribution in [0.5, 0.6) is 0 Å². The van der Waals surface area contributed by atoms with Crippen LogP contribution in [0.2, 0.25) is 0 Å². The summed E-state index contributed by atoms with van der Waals surface area (Å²) >= 11 is 0. The van der Waals surface area contributed by atoms with Crippen LogP contribution in [0.3, 0.4) is 0 Å². The van der Waals surface area contributed by atoms with Crippen molar-refractivity contribution in [2.75, 3.05) is 23.7 Å². The van der Waals surface area contributed by atoms with Gasteiger partial charge < -0.3 is 20.9 Å². The van der Waals surface area contributed by atoms with Gasteiger partial charge in [-0.15, -0.1) is 0 Å². The quantitative estimate of drug-likeness (QED) is 0.644. The molecular weight excluding hydrogens is 354 g/mol. The van der Waals surface area contributed by atoms with E-state index in [1.165, 1.54) is 0 Å². The van der Waals surface area contributed by atoms with Crippen LogP contribution in [0.4, 0.5) is 11.6 Å². The van der Waals surface area contributed by atoms with Crippen molar-refractivity contribution in [3.05, 3.63) is 30.5 Å². The minimum atomic E-state index is -0.400. The summed E-state index contributed by atoms with van der Waals surface area (Å²) in [6.45, 7) is 7.24. The molecule has 0 spiro atoms. The van der Waals surface area contributed by atoms with Crippen LogP contribution in [-0.4, -0.2) is 45.0 Å². The number of anilines is 2. The summed E-state index contributed by atoms with van der Waals surface area (Å²) in [5.41, 5.74) is 7.99. The predicted octanol–water partition coefficient (Wildman–Crippen LogP) is 2.34. The molecule has 8 heteroatoms. The van der Waals surface area contributed by atoms with Gasteiger partial charge in [-0.1, -0.05) is 32.9 Å². The maximum absolute atomic E-state index is 12.2. The number of aromatic amines is 1. The Labute approximate surface area is 163 Å². The van der Waals surface area contributed by atoms with E-state index in [-0.39, 0.29) is 11.9 Å². The maximum Gasteiger partial charge on any atom is 0.225 e. The first-order valence-electron chi connectivity index (χ1n) is 9.45. The molecule has 0 bridgehead atoms. The van der Waals surface area contributed by atoms with Gasteiger partial charge in [0.2, 0.25) is 5.91 Å². The topological polar surface area (TPSA) is 113 Å². The molecule has 0 radical (unpaired) electrons. The molecule has 28 heavy (non-hydrogen) atoms. The summed E-state index contributed by atoms with van der Waals surface area (Å²) in [4.78, 5) is 31.2. The standard InChI is InChI=1S/C20H25N7O/c1-20(2,3)19(28)23-12-8-9-27(11-12)15-10-22-17(21)16(26-15)18-24-13-6-4-5-7-14(13)25-18/h4-7,10,12H,8-9,11H2,1-3H3,(H2,21,22)(H,23,28)(H,24,25)/t12-/m0/s1. The lowest BCUT2D eigenvalue weighted by atomic mass is 9.95. The number of benzene rings is 1. The molecule has 1 aromatic carbocycles. The van der Waals surface area contributed by atoms with E-state index in [0.29, 0.717) is 23.9 Å². The van der Waals surface area contributed by atoms with Gasteiger partial charge in [-0.3, -0.25) is 4.79 Å². The van der Waals surface area contributed by atoms with Gasteiger partial charge in [0, 0.05) is 24.5 Å². The van der Waals surface area contributed by atoms with Gasteiger partial charge in [-0.25, -0.2) is 15.0 Å². The van der Waals surface area contributed by atoms with Gasteiger partial charge in [0.05, 0.1) is 17.2 Å². The molecule has 4 rings (SSSR count). The zero-order chi connectivity index (χ0) is 19.9. The maximum atomic E-state index is 12.2. The average Bonchev–Trinajstić information content (AvgIpc) is 3.28. The molecule has 2 aromatic heterocycles. The van der Waals surface area contributed by atoms with E-state index in [4.69, 9.17) is 10.7 Å². The molecule has 1 amide bonds. The largest absolute Gasteiger partial charge is 0.382 e. The summed E-state index contributed by atoms with van der Waals surface area (Å²) < 4.78 is 0. The molecule has 1 aliphatic heterocycles. The van der Waals surface area contributed by atoms with Crippen molar-refractivity contribution in [2.24, 2.45) is 5.41 Å². The van der Waals surface area contributed by atoms with Crippen LogP contribution in [0.1, 0.15) is 27.2 Å². The number of imidazole rings is 1. The van der Waals surface area contributed by atoms with Gasteiger partial charge in [0.15, 0.2) is 17.3 Å². The number of aromatic nitrogens is 4. The number of nitrogen functional groups attached to an aromatic ring is 1. The van der Waals surface area contributed by atoms with E-state index in [2.05, 4.69) is 25.2 Å². The zero-order valence-electron chi connectivity index (χ0n) is 16.4. The lowest BCUT2D eigenvalue weighted by Gasteiger charge is -2.22. The number of para-hydroxylation sites is 2. The SMILES string of the molecule is CC(C)(C)C(=O)N[C@H]1CCN(c2cnc(N)c(-c3nc4ccccc4[nH]3)n2)C1. The summed E-state index contributed by atoms with van der Waals surface area (Å²) in [6, 6.07) is 7.88. The number of H-pyrrole nitrogens is 1. The molecule has 0 saturated carbocycles. The van der Waals surface area contributed by atoms with Crippen molar-refractivity contribution in [1.82, 2.24) is 25.3 Å². The molecule has 3 aromatic rings. The lowest BCUT2D eigenvalue weighted by Crippen LogP contribution is -2.43. The highest BCUT2D eigenvalue weighted by atomic mass is 16.2. The van der Waals surface area contributed by atoms with Crippen LogP contribution < -0.4 is 16.0 Å². The minimum absolute atomic E-state index is 0.0608. The molecule has 1 aliphatic rings. The molecular formula is C20H25N7O. The van der Waals surface area contributed by atoms with Crippen LogP contribution in [0, 0.1) is 5.41 Å². The van der Waals surface area contributed by atoms with Crippen molar-refractivity contribution in [3.63, 3.8) is 0 Å². The fraction of sp³-hybridized carbons (Fsp3) is 0.400. The molecule has 1 saturated heterocycles. The fourth-order valence-corrected chi connectivity index (χ4v) is 3.27. The van der Waals surface area contributed by atoms with E-state index in [1.807, 2.05) is 45.0 Å². The Hall–Kier alpha value is -3.16. The van der Waals surface area contributed by atoms with Crippen molar-refractivity contribution in [2.45, 2.75) is 33.2 Å². The Morgan fingerprint density at radius 3 is 2.82 bits per heavy atom. The van der Waals surface area contributed by atoms with Crippen LogP contribution in [0.25, 0.3) is 22.6 Å². The van der Waals surface area contributed by atoms with Gasteiger partial charge in [0.1, 0.15) is 5.82 Å². The summed E-state index contributed by atoms with van der Waals surface area (Å²) in [7, 11) is 0. The Kier molecular flexibility index (Phi) is 4.41. The van der Waals surface area contributed by atoms with Crippen LogP contribution in [-0.2, 0) is 4.79 Å². The van der Waals surface area contributed by atoms with Crippen LogP contribution in [0.15, 0.2) is 30.5 Å². The third-order valence-electron chi connectivity index (χ3n) is 4.93. The molecule has 4 N–H and O–H groups in total. The van der Waals surface area contributed by atoms with Gasteiger partial charge in [0.25, 0.3) is 0 Å². The molecule has 1 fully saturated rings. The van der Waals surface area contributed by atoms with Gasteiger partial charge >= 0.3 is 0 Å². The number of hydrogen-bond acceptors (Lipinski definition) is 6. The number of fused-ring (bicyclic) bond motifs is 1. The molecule has 1 atom stereocenters. The second-order valence-corrected chi connectivity index (χ2v) is 8.22. The first-order chi connectivity index (χ1) is 13.3. The average molecular weight is 379 g/mol. The van der Waals surface area contributed by atoms with Crippen molar-refractivity contribution in [1.29, 1.82) is 0 Å². The first kappa shape index (κ1) is 18.2. The number of hydrogen-bond donors (Lipinski definition) is 3. The number of rotatable bonds is 3. The highest BCUT2D eigenvalue weighted by Crippen LogP contribution is 2.26. The Morgan fingerprint density at radius 2 is 2.07 bits per heavy atom. The number of nitrogens with two attached hydrogens (primary N) is 1. The number of amides is 1. The highest BCUT2D eigenvalue weighted by Gasteiger charge is 2.29. The number of nitrogens with one attached hydrogen (secondary N) is 2. The normalized spacial score (nSPS) is 17.2. The first-order valence-corrected chi connectivity index (χ1v) is 9.45. The molecule has 0 aliphatic carbocycles. The van der Waals surface area contributed by atoms with E-state index in [0.717, 1.165) is 29.8 Å². The van der Waals surface area contributed by atoms with Gasteiger partial charge in [-0.2, -0.15) is 0 Å². The second kappa shape index (κ2) is 6.78. The third-order valence-corrected chi connectivity index (χ3v) is 4.93. The highest BCUT2D eigenvalue weighted by molar-refractivity contribution is 5.82. The molecule has 146 valence electrons. The predicted molar refractivity (Wildman–Crippen MR) is 110 cm³/mol. The Bertz CT molecular complexity index is 988. The van der Waals surface area contributed by atoms with Crippen molar-refractivity contribution in [3.8, 4) is 11.5 Å². The Balaban J connectivity index is 1.55. The number of nitrogens with zero attached hydrogens (tertiary/aromatic N) is 4. The molecule has 8 nitrogen and oxygen atoms in total. The van der Waals surface area contributed by atoms with E-state index in [9.17, 15) is 4.79 Å². The zero-order valence-corrected chi connectivity index (χ0v) is 16.4. The molecule has 3 heterocycles. The summed E-state index contributed by atoms with van der Waals surface area (Å²) in [5.74, 6) is 1.73. The molecule has 0 unspecified atom stereocenters. The summed E-state index contributed by atoms with van der Waals surface area (Å²) in [5, 5.41) is 3.12. The third kappa shape index (κ3) is 3.49. The number of carbonyl (C=O) groups excluding carboxylic acids is 1. The lowest BCUT2D eigenvalue weighted by molar-refractivity contribution is -0.129. The number of carbonyl (C=O) groups is 1. The Morgan fingerprint density at radius 1 is 1.29 bits per heavy atom.